The minimum Gasteiger partial charge on any atom is -0.433 e. The average Bonchev–Trinajstić information content (AvgIpc) is 2.56. The standard InChI is InChI=1S/C9H2BrCl2N3O/c10-4-2-1-3-5-6(16-8(3)13-4)7(11)15-9(12)14-5/h1-2H. The van der Waals surface area contributed by atoms with Crippen LogP contribution in [0.3, 0.4) is 0 Å². The molecule has 16 heavy (non-hydrogen) atoms. The van der Waals surface area contributed by atoms with Crippen molar-refractivity contribution in [1.82, 2.24) is 15.0 Å². The highest BCUT2D eigenvalue weighted by Gasteiger charge is 2.14. The smallest absolute Gasteiger partial charge is 0.230 e. The van der Waals surface area contributed by atoms with Crippen LogP contribution in [0.4, 0.5) is 0 Å². The monoisotopic (exact) mass is 317 g/mol. The van der Waals surface area contributed by atoms with Gasteiger partial charge in [0.25, 0.3) is 0 Å². The number of rotatable bonds is 0. The number of fused-ring (bicyclic) bond motifs is 3. The highest BCUT2D eigenvalue weighted by molar-refractivity contribution is 9.10. The van der Waals surface area contributed by atoms with E-state index in [4.69, 9.17) is 27.6 Å². The molecule has 0 fully saturated rings. The normalized spacial score (nSPS) is 11.4. The van der Waals surface area contributed by atoms with Gasteiger partial charge in [-0.3, -0.25) is 0 Å². The average molecular weight is 319 g/mol. The van der Waals surface area contributed by atoms with Crippen molar-refractivity contribution in [3.63, 3.8) is 0 Å². The molecular formula is C9H2BrCl2N3O. The van der Waals surface area contributed by atoms with Gasteiger partial charge in [0.05, 0.1) is 5.39 Å². The van der Waals surface area contributed by atoms with E-state index < -0.39 is 0 Å². The van der Waals surface area contributed by atoms with E-state index in [1.165, 1.54) is 0 Å². The summed E-state index contributed by atoms with van der Waals surface area (Å²) in [5, 5.41) is 1.02. The molecule has 0 aliphatic rings. The number of aromatic nitrogens is 3. The number of nitrogens with zero attached hydrogens (tertiary/aromatic N) is 3. The molecule has 0 atom stereocenters. The lowest BCUT2D eigenvalue weighted by molar-refractivity contribution is 0.650. The maximum absolute atomic E-state index is 5.90. The molecule has 3 aromatic rings. The zero-order valence-corrected chi connectivity index (χ0v) is 10.6. The van der Waals surface area contributed by atoms with E-state index in [9.17, 15) is 0 Å². The number of hydrogen-bond donors (Lipinski definition) is 0. The van der Waals surface area contributed by atoms with Crippen LogP contribution >= 0.6 is 39.1 Å². The molecule has 3 heterocycles. The van der Waals surface area contributed by atoms with Gasteiger partial charge in [-0.25, -0.2) is 15.0 Å². The van der Waals surface area contributed by atoms with Gasteiger partial charge in [-0.05, 0) is 39.7 Å². The largest absolute Gasteiger partial charge is 0.433 e. The van der Waals surface area contributed by atoms with Crippen molar-refractivity contribution in [1.29, 1.82) is 0 Å². The summed E-state index contributed by atoms with van der Waals surface area (Å²) in [6.45, 7) is 0. The van der Waals surface area contributed by atoms with Gasteiger partial charge in [0.1, 0.15) is 10.1 Å². The lowest BCUT2D eigenvalue weighted by Crippen LogP contribution is -1.83. The van der Waals surface area contributed by atoms with Crippen LogP contribution in [0.15, 0.2) is 21.2 Å². The Bertz CT molecular complexity index is 713. The molecule has 0 aromatic carbocycles. The van der Waals surface area contributed by atoms with Crippen molar-refractivity contribution in [3.05, 3.63) is 27.2 Å². The number of pyridine rings is 1. The van der Waals surface area contributed by atoms with Crippen LogP contribution < -0.4 is 0 Å². The Kier molecular flexibility index (Phi) is 2.27. The van der Waals surface area contributed by atoms with Crippen molar-refractivity contribution in [2.45, 2.75) is 0 Å². The number of halogens is 3. The first kappa shape index (κ1) is 10.3. The first-order valence-electron chi connectivity index (χ1n) is 4.23. The highest BCUT2D eigenvalue weighted by atomic mass is 79.9. The van der Waals surface area contributed by atoms with Gasteiger partial charge in [-0.15, -0.1) is 0 Å². The molecule has 0 aliphatic heterocycles. The van der Waals surface area contributed by atoms with E-state index in [-0.39, 0.29) is 10.4 Å². The van der Waals surface area contributed by atoms with E-state index in [1.807, 2.05) is 6.07 Å². The van der Waals surface area contributed by atoms with Gasteiger partial charge in [0.2, 0.25) is 11.0 Å². The Morgan fingerprint density at radius 2 is 1.94 bits per heavy atom. The second-order valence-electron chi connectivity index (χ2n) is 3.05. The summed E-state index contributed by atoms with van der Waals surface area (Å²) in [6.07, 6.45) is 0. The van der Waals surface area contributed by atoms with Gasteiger partial charge in [0.15, 0.2) is 10.7 Å². The molecule has 0 unspecified atom stereocenters. The third-order valence-corrected chi connectivity index (χ3v) is 2.94. The summed E-state index contributed by atoms with van der Waals surface area (Å²) in [5.41, 5.74) is 1.41. The van der Waals surface area contributed by atoms with Crippen LogP contribution in [0, 0.1) is 0 Å². The summed E-state index contributed by atoms with van der Waals surface area (Å²) in [6, 6.07) is 3.62. The maximum Gasteiger partial charge on any atom is 0.230 e. The molecule has 0 amide bonds. The minimum atomic E-state index is 0.0862. The van der Waals surface area contributed by atoms with Crippen LogP contribution in [-0.4, -0.2) is 15.0 Å². The molecule has 3 rings (SSSR count). The fourth-order valence-corrected chi connectivity index (χ4v) is 2.16. The molecule has 4 nitrogen and oxygen atoms in total. The first-order chi connectivity index (χ1) is 7.65. The quantitative estimate of drug-likeness (QED) is 0.359. The Labute approximate surface area is 108 Å². The van der Waals surface area contributed by atoms with Crippen molar-refractivity contribution in [2.75, 3.05) is 0 Å². The van der Waals surface area contributed by atoms with E-state index in [0.29, 0.717) is 21.4 Å². The molecule has 0 saturated carbocycles. The Balaban J connectivity index is 2.55. The van der Waals surface area contributed by atoms with Crippen molar-refractivity contribution < 1.29 is 4.42 Å². The maximum atomic E-state index is 5.90. The Morgan fingerprint density at radius 3 is 2.75 bits per heavy atom. The molecule has 0 saturated heterocycles. The fraction of sp³-hybridized carbons (Fsp3) is 0. The fourth-order valence-electron chi connectivity index (χ4n) is 1.44. The Hall–Kier alpha value is -0.910. The second kappa shape index (κ2) is 3.55. The molecule has 7 heteroatoms. The number of hydrogen-bond acceptors (Lipinski definition) is 4. The van der Waals surface area contributed by atoms with E-state index in [1.54, 1.807) is 6.07 Å². The van der Waals surface area contributed by atoms with E-state index in [2.05, 4.69) is 30.9 Å². The highest BCUT2D eigenvalue weighted by Crippen LogP contribution is 2.31. The molecule has 0 N–H and O–H groups in total. The summed E-state index contributed by atoms with van der Waals surface area (Å²) in [5.74, 6) is 0. The molecule has 0 spiro atoms. The van der Waals surface area contributed by atoms with E-state index in [0.717, 1.165) is 5.39 Å². The third-order valence-electron chi connectivity index (χ3n) is 2.08. The van der Waals surface area contributed by atoms with Crippen LogP contribution in [0.2, 0.25) is 10.4 Å². The van der Waals surface area contributed by atoms with Crippen LogP contribution in [-0.2, 0) is 0 Å². The molecule has 3 aromatic heterocycles. The molecule has 0 bridgehead atoms. The predicted octanol–water partition coefficient (Wildman–Crippen LogP) is 3.84. The lowest BCUT2D eigenvalue weighted by atomic mass is 10.3. The lowest BCUT2D eigenvalue weighted by Gasteiger charge is -1.91. The van der Waals surface area contributed by atoms with Crippen molar-refractivity contribution in [2.24, 2.45) is 0 Å². The summed E-state index contributed by atoms with van der Waals surface area (Å²) < 4.78 is 6.14. The second-order valence-corrected chi connectivity index (χ2v) is 4.56. The molecule has 80 valence electrons. The zero-order valence-electron chi connectivity index (χ0n) is 7.54. The van der Waals surface area contributed by atoms with Crippen molar-refractivity contribution >= 4 is 61.3 Å². The first-order valence-corrected chi connectivity index (χ1v) is 5.78. The van der Waals surface area contributed by atoms with Crippen molar-refractivity contribution in [3.8, 4) is 0 Å². The topological polar surface area (TPSA) is 51.8 Å². The summed E-state index contributed by atoms with van der Waals surface area (Å²) >= 11 is 14.9. The number of furan rings is 1. The zero-order chi connectivity index (χ0) is 11.3. The SMILES string of the molecule is Clc1nc(Cl)c2oc3nc(Br)ccc3c2n1. The van der Waals surface area contributed by atoms with Crippen LogP contribution in [0.25, 0.3) is 22.2 Å². The summed E-state index contributed by atoms with van der Waals surface area (Å²) in [4.78, 5) is 12.0. The van der Waals surface area contributed by atoms with Crippen LogP contribution in [0.5, 0.6) is 0 Å². The van der Waals surface area contributed by atoms with Gasteiger partial charge in [-0.1, -0.05) is 11.6 Å². The molecular weight excluding hydrogens is 317 g/mol. The van der Waals surface area contributed by atoms with Crippen LogP contribution in [0.1, 0.15) is 0 Å². The summed E-state index contributed by atoms with van der Waals surface area (Å²) in [7, 11) is 0. The predicted molar refractivity (Wildman–Crippen MR) is 64.8 cm³/mol. The van der Waals surface area contributed by atoms with Gasteiger partial charge in [0, 0.05) is 0 Å². The minimum absolute atomic E-state index is 0.0862. The molecule has 0 radical (unpaired) electrons. The van der Waals surface area contributed by atoms with E-state index >= 15 is 0 Å². The van der Waals surface area contributed by atoms with Gasteiger partial charge < -0.3 is 4.42 Å². The van der Waals surface area contributed by atoms with Gasteiger partial charge in [-0.2, -0.15) is 0 Å². The van der Waals surface area contributed by atoms with Gasteiger partial charge >= 0.3 is 0 Å². The Morgan fingerprint density at radius 1 is 1.12 bits per heavy atom. The molecule has 0 aliphatic carbocycles. The third kappa shape index (κ3) is 1.47.